The number of rotatable bonds is 4. The van der Waals surface area contributed by atoms with Gasteiger partial charge in [0.05, 0.1) is 23.7 Å². The summed E-state index contributed by atoms with van der Waals surface area (Å²) in [6.45, 7) is 1.69. The Balaban J connectivity index is 1.61. The summed E-state index contributed by atoms with van der Waals surface area (Å²) < 4.78 is 8.20. The molecular weight excluding hydrogens is 356 g/mol. The van der Waals surface area contributed by atoms with E-state index in [1.807, 2.05) is 18.2 Å². The van der Waals surface area contributed by atoms with Gasteiger partial charge in [-0.3, -0.25) is 0 Å². The highest BCUT2D eigenvalue weighted by atomic mass is 35.5. The molecule has 0 radical (unpaired) electrons. The van der Waals surface area contributed by atoms with Crippen LogP contribution in [-0.2, 0) is 17.7 Å². The molecule has 1 aliphatic rings. The Labute approximate surface area is 163 Å². The molecule has 1 saturated heterocycles. The lowest BCUT2D eigenvalue weighted by atomic mass is 10.0. The lowest BCUT2D eigenvalue weighted by Gasteiger charge is -2.15. The molecule has 3 aromatic carbocycles. The van der Waals surface area contributed by atoms with Crippen LogP contribution in [0.15, 0.2) is 60.7 Å². The molecular formula is C23H21ClN2O. The number of halogens is 1. The highest BCUT2D eigenvalue weighted by Crippen LogP contribution is 2.27. The van der Waals surface area contributed by atoms with E-state index < -0.39 is 0 Å². The highest BCUT2D eigenvalue weighted by molar-refractivity contribution is 6.31. The quantitative estimate of drug-likeness (QED) is 0.462. The minimum absolute atomic E-state index is 0.257. The van der Waals surface area contributed by atoms with Crippen molar-refractivity contribution in [3.63, 3.8) is 0 Å². The van der Waals surface area contributed by atoms with Gasteiger partial charge in [0.15, 0.2) is 0 Å². The van der Waals surface area contributed by atoms with E-state index >= 15 is 0 Å². The zero-order valence-electron chi connectivity index (χ0n) is 15.1. The van der Waals surface area contributed by atoms with Crippen LogP contribution in [0.1, 0.15) is 24.2 Å². The number of nitrogens with zero attached hydrogens (tertiary/aromatic N) is 2. The predicted octanol–water partition coefficient (Wildman–Crippen LogP) is 5.61. The summed E-state index contributed by atoms with van der Waals surface area (Å²) in [5.74, 6) is 1.07. The maximum absolute atomic E-state index is 6.28. The third-order valence-corrected chi connectivity index (χ3v) is 5.66. The summed E-state index contributed by atoms with van der Waals surface area (Å²) in [6, 6.07) is 21.0. The van der Waals surface area contributed by atoms with Gasteiger partial charge in [0.1, 0.15) is 5.82 Å². The van der Waals surface area contributed by atoms with E-state index in [2.05, 4.69) is 47.0 Å². The van der Waals surface area contributed by atoms with Gasteiger partial charge in [0.2, 0.25) is 0 Å². The van der Waals surface area contributed by atoms with Gasteiger partial charge in [-0.1, -0.05) is 54.1 Å². The number of aromatic nitrogens is 2. The van der Waals surface area contributed by atoms with Crippen molar-refractivity contribution in [2.45, 2.75) is 31.9 Å². The summed E-state index contributed by atoms with van der Waals surface area (Å²) in [4.78, 5) is 4.95. The third kappa shape index (κ3) is 3.22. The molecule has 0 amide bonds. The fourth-order valence-corrected chi connectivity index (χ4v) is 4.26. The second-order valence-electron chi connectivity index (χ2n) is 7.22. The fraction of sp³-hybridized carbons (Fsp3) is 0.261. The van der Waals surface area contributed by atoms with E-state index in [1.54, 1.807) is 0 Å². The van der Waals surface area contributed by atoms with Crippen LogP contribution in [-0.4, -0.2) is 22.3 Å². The van der Waals surface area contributed by atoms with Gasteiger partial charge in [0.25, 0.3) is 0 Å². The van der Waals surface area contributed by atoms with Crippen LogP contribution >= 0.6 is 11.6 Å². The predicted molar refractivity (Wildman–Crippen MR) is 110 cm³/mol. The van der Waals surface area contributed by atoms with Crippen LogP contribution in [0, 0.1) is 0 Å². The summed E-state index contributed by atoms with van der Waals surface area (Å²) in [6.07, 6.45) is 3.29. The van der Waals surface area contributed by atoms with Gasteiger partial charge >= 0.3 is 0 Å². The molecule has 4 aromatic rings. The van der Waals surface area contributed by atoms with Crippen molar-refractivity contribution >= 4 is 33.4 Å². The van der Waals surface area contributed by atoms with Crippen molar-refractivity contribution in [2.75, 3.05) is 6.61 Å². The SMILES string of the molecule is Clc1ccc2nc(Cc3cccc4ccccc34)n(CC3CCCO3)c2c1. The number of ether oxygens (including phenoxy) is 1. The molecule has 136 valence electrons. The van der Waals surface area contributed by atoms with Gasteiger partial charge in [-0.2, -0.15) is 0 Å². The highest BCUT2D eigenvalue weighted by Gasteiger charge is 2.20. The van der Waals surface area contributed by atoms with Crippen LogP contribution < -0.4 is 0 Å². The summed E-state index contributed by atoms with van der Waals surface area (Å²) in [5, 5.41) is 3.29. The molecule has 5 rings (SSSR count). The molecule has 0 bridgehead atoms. The molecule has 1 unspecified atom stereocenters. The Morgan fingerprint density at radius 2 is 1.96 bits per heavy atom. The standard InChI is InChI=1S/C23H21ClN2O/c24-18-10-11-21-22(14-18)26(15-19-8-4-12-27-19)23(25-21)13-17-7-3-6-16-5-1-2-9-20(16)17/h1-3,5-7,9-11,14,19H,4,8,12-13,15H2. The smallest absolute Gasteiger partial charge is 0.114 e. The van der Waals surface area contributed by atoms with Crippen LogP contribution in [0.3, 0.4) is 0 Å². The van der Waals surface area contributed by atoms with E-state index in [9.17, 15) is 0 Å². The van der Waals surface area contributed by atoms with E-state index in [4.69, 9.17) is 21.3 Å². The third-order valence-electron chi connectivity index (χ3n) is 5.43. The Hall–Kier alpha value is -2.36. The summed E-state index contributed by atoms with van der Waals surface area (Å²) >= 11 is 6.28. The number of imidazole rings is 1. The van der Waals surface area contributed by atoms with Crippen LogP contribution in [0.4, 0.5) is 0 Å². The van der Waals surface area contributed by atoms with Gasteiger partial charge in [0, 0.05) is 18.1 Å². The number of hydrogen-bond donors (Lipinski definition) is 0. The molecule has 0 saturated carbocycles. The average molecular weight is 377 g/mol. The molecule has 3 nitrogen and oxygen atoms in total. The Morgan fingerprint density at radius 1 is 1.07 bits per heavy atom. The van der Waals surface area contributed by atoms with Crippen molar-refractivity contribution in [3.8, 4) is 0 Å². The van der Waals surface area contributed by atoms with E-state index in [0.29, 0.717) is 0 Å². The average Bonchev–Trinajstić information content (AvgIpc) is 3.31. The Kier molecular flexibility index (Phi) is 4.35. The van der Waals surface area contributed by atoms with Crippen molar-refractivity contribution in [3.05, 3.63) is 77.1 Å². The van der Waals surface area contributed by atoms with Gasteiger partial charge in [-0.15, -0.1) is 0 Å². The fourth-order valence-electron chi connectivity index (χ4n) is 4.09. The monoisotopic (exact) mass is 376 g/mol. The molecule has 0 N–H and O–H groups in total. The first-order valence-corrected chi connectivity index (χ1v) is 9.88. The van der Waals surface area contributed by atoms with Crippen molar-refractivity contribution in [1.29, 1.82) is 0 Å². The molecule has 0 spiro atoms. The number of benzene rings is 3. The second kappa shape index (κ2) is 6.99. The van der Waals surface area contributed by atoms with Crippen LogP contribution in [0.25, 0.3) is 21.8 Å². The van der Waals surface area contributed by atoms with E-state index in [-0.39, 0.29) is 6.10 Å². The lowest BCUT2D eigenvalue weighted by Crippen LogP contribution is -2.17. The van der Waals surface area contributed by atoms with Crippen molar-refractivity contribution in [2.24, 2.45) is 0 Å². The molecule has 0 aliphatic carbocycles. The van der Waals surface area contributed by atoms with E-state index in [1.165, 1.54) is 16.3 Å². The molecule has 1 aromatic heterocycles. The van der Waals surface area contributed by atoms with Crippen molar-refractivity contribution in [1.82, 2.24) is 9.55 Å². The van der Waals surface area contributed by atoms with Gasteiger partial charge in [-0.25, -0.2) is 4.98 Å². The molecule has 27 heavy (non-hydrogen) atoms. The minimum Gasteiger partial charge on any atom is -0.376 e. The van der Waals surface area contributed by atoms with Crippen LogP contribution in [0.2, 0.25) is 5.02 Å². The maximum atomic E-state index is 6.28. The van der Waals surface area contributed by atoms with Crippen molar-refractivity contribution < 1.29 is 4.74 Å². The van der Waals surface area contributed by atoms with Gasteiger partial charge in [-0.05, 0) is 47.4 Å². The number of fused-ring (bicyclic) bond motifs is 2. The number of hydrogen-bond acceptors (Lipinski definition) is 2. The van der Waals surface area contributed by atoms with Crippen LogP contribution in [0.5, 0.6) is 0 Å². The van der Waals surface area contributed by atoms with E-state index in [0.717, 1.165) is 54.3 Å². The molecule has 1 aliphatic heterocycles. The second-order valence-corrected chi connectivity index (χ2v) is 7.66. The zero-order valence-corrected chi connectivity index (χ0v) is 15.8. The molecule has 4 heteroatoms. The maximum Gasteiger partial charge on any atom is 0.114 e. The summed E-state index contributed by atoms with van der Waals surface area (Å²) in [7, 11) is 0. The lowest BCUT2D eigenvalue weighted by molar-refractivity contribution is 0.0973. The molecule has 1 fully saturated rings. The normalized spacial score (nSPS) is 17.1. The topological polar surface area (TPSA) is 27.1 Å². The first-order valence-electron chi connectivity index (χ1n) is 9.51. The zero-order chi connectivity index (χ0) is 18.2. The first-order chi connectivity index (χ1) is 13.3. The molecule has 1 atom stereocenters. The Bertz CT molecular complexity index is 1110. The Morgan fingerprint density at radius 3 is 2.85 bits per heavy atom. The summed E-state index contributed by atoms with van der Waals surface area (Å²) in [5.41, 5.74) is 3.38. The van der Waals surface area contributed by atoms with Gasteiger partial charge < -0.3 is 9.30 Å². The molecule has 2 heterocycles. The largest absolute Gasteiger partial charge is 0.376 e. The minimum atomic E-state index is 0.257. The first kappa shape index (κ1) is 16.8.